The van der Waals surface area contributed by atoms with E-state index in [-0.39, 0.29) is 17.3 Å². The summed E-state index contributed by atoms with van der Waals surface area (Å²) < 4.78 is 11.0. The van der Waals surface area contributed by atoms with E-state index in [1.165, 1.54) is 0 Å². The Morgan fingerprint density at radius 2 is 1.86 bits per heavy atom. The predicted octanol–water partition coefficient (Wildman–Crippen LogP) is 3.07. The van der Waals surface area contributed by atoms with E-state index in [0.29, 0.717) is 23.4 Å². The quantitative estimate of drug-likeness (QED) is 0.805. The van der Waals surface area contributed by atoms with Gasteiger partial charge in [0, 0.05) is 43.9 Å². The van der Waals surface area contributed by atoms with E-state index in [1.807, 2.05) is 24.3 Å². The third-order valence-electron chi connectivity index (χ3n) is 5.65. The number of hydrogen-bond donors (Lipinski definition) is 1. The third kappa shape index (κ3) is 3.86. The molecule has 6 nitrogen and oxygen atoms in total. The van der Waals surface area contributed by atoms with Crippen LogP contribution in [0.5, 0.6) is 17.2 Å². The average Bonchev–Trinajstić information content (AvgIpc) is 3.04. The number of ether oxygens (including phenoxy) is 2. The summed E-state index contributed by atoms with van der Waals surface area (Å²) in [7, 11) is 3.73. The van der Waals surface area contributed by atoms with Gasteiger partial charge in [-0.05, 0) is 43.8 Å². The fourth-order valence-electron chi connectivity index (χ4n) is 3.76. The number of carbonyl (C=O) groups is 1. The Morgan fingerprint density at radius 3 is 2.52 bits per heavy atom. The molecule has 2 heterocycles. The Bertz CT molecular complexity index is 958. The van der Waals surface area contributed by atoms with Crippen molar-refractivity contribution in [2.45, 2.75) is 13.5 Å². The molecule has 2 aliphatic rings. The van der Waals surface area contributed by atoms with Crippen molar-refractivity contribution in [2.75, 3.05) is 40.3 Å². The molecule has 0 amide bonds. The molecule has 0 aromatic heterocycles. The fraction of sp³-hybridized carbons (Fsp3) is 0.348. The van der Waals surface area contributed by atoms with Gasteiger partial charge in [-0.15, -0.1) is 0 Å². The van der Waals surface area contributed by atoms with Gasteiger partial charge in [0.25, 0.3) is 0 Å². The van der Waals surface area contributed by atoms with Crippen molar-refractivity contribution in [3.8, 4) is 17.2 Å². The van der Waals surface area contributed by atoms with E-state index in [0.717, 1.165) is 43.1 Å². The molecule has 2 aliphatic heterocycles. The highest BCUT2D eigenvalue weighted by Crippen LogP contribution is 2.41. The van der Waals surface area contributed by atoms with Gasteiger partial charge >= 0.3 is 0 Å². The van der Waals surface area contributed by atoms with Crippen LogP contribution >= 0.6 is 0 Å². The van der Waals surface area contributed by atoms with Crippen LogP contribution in [-0.2, 0) is 6.54 Å². The molecule has 1 N–H and O–H groups in total. The molecule has 0 bridgehead atoms. The normalized spacial score (nSPS) is 18.7. The second-order valence-electron chi connectivity index (χ2n) is 7.68. The molecule has 2 aromatic carbocycles. The molecule has 1 saturated heterocycles. The Labute approximate surface area is 171 Å². The van der Waals surface area contributed by atoms with Crippen LogP contribution in [0.15, 0.2) is 36.1 Å². The van der Waals surface area contributed by atoms with E-state index in [4.69, 9.17) is 9.47 Å². The molecule has 1 fully saturated rings. The number of likely N-dealkylation sites (N-methyl/N-ethyl adjacent to an activating group) is 1. The standard InChI is InChI=1S/C23H26N2O4/c1-15-21(26)17(14-25-10-8-24(2)9-11-25)13-19-22(27)20(29-23(15)19)12-16-4-6-18(28-3)7-5-16/h4-7,12-13,26H,8-11,14H2,1-3H3. The lowest BCUT2D eigenvalue weighted by Gasteiger charge is -2.32. The van der Waals surface area contributed by atoms with Gasteiger partial charge in [-0.3, -0.25) is 9.69 Å². The van der Waals surface area contributed by atoms with Crippen molar-refractivity contribution < 1.29 is 19.4 Å². The topological polar surface area (TPSA) is 62.2 Å². The number of phenols is 1. The summed E-state index contributed by atoms with van der Waals surface area (Å²) in [6.45, 7) is 6.31. The molecule has 29 heavy (non-hydrogen) atoms. The summed E-state index contributed by atoms with van der Waals surface area (Å²) in [6, 6.07) is 9.20. The molecule has 4 rings (SSSR count). The maximum absolute atomic E-state index is 13.0. The van der Waals surface area contributed by atoms with Gasteiger partial charge in [-0.1, -0.05) is 12.1 Å². The van der Waals surface area contributed by atoms with E-state index < -0.39 is 0 Å². The van der Waals surface area contributed by atoms with Crippen LogP contribution < -0.4 is 9.47 Å². The number of carbonyl (C=O) groups excluding carboxylic acids is 1. The first-order valence-electron chi connectivity index (χ1n) is 9.81. The minimum atomic E-state index is -0.154. The van der Waals surface area contributed by atoms with Crippen molar-refractivity contribution in [1.82, 2.24) is 9.80 Å². The van der Waals surface area contributed by atoms with Gasteiger partial charge in [-0.2, -0.15) is 0 Å². The van der Waals surface area contributed by atoms with Crippen LogP contribution in [-0.4, -0.2) is 61.0 Å². The number of hydrogen-bond acceptors (Lipinski definition) is 6. The van der Waals surface area contributed by atoms with Gasteiger partial charge < -0.3 is 19.5 Å². The van der Waals surface area contributed by atoms with Crippen molar-refractivity contribution in [1.29, 1.82) is 0 Å². The van der Waals surface area contributed by atoms with Crippen LogP contribution in [0.4, 0.5) is 0 Å². The molecular formula is C23H26N2O4. The maximum atomic E-state index is 13.0. The number of aromatic hydroxyl groups is 1. The fourth-order valence-corrected chi connectivity index (χ4v) is 3.76. The first kappa shape index (κ1) is 19.5. The van der Waals surface area contributed by atoms with Gasteiger partial charge in [-0.25, -0.2) is 0 Å². The minimum Gasteiger partial charge on any atom is -0.507 e. The summed E-state index contributed by atoms with van der Waals surface area (Å²) in [5.41, 5.74) is 2.75. The molecule has 0 radical (unpaired) electrons. The number of rotatable bonds is 4. The number of nitrogens with zero attached hydrogens (tertiary/aromatic N) is 2. The Hall–Kier alpha value is -2.83. The average molecular weight is 394 g/mol. The summed E-state index contributed by atoms with van der Waals surface area (Å²) in [6.07, 6.45) is 1.72. The highest BCUT2D eigenvalue weighted by molar-refractivity contribution is 6.15. The summed E-state index contributed by atoms with van der Waals surface area (Å²) in [5, 5.41) is 10.7. The second kappa shape index (κ2) is 7.89. The van der Waals surface area contributed by atoms with Crippen molar-refractivity contribution in [3.63, 3.8) is 0 Å². The zero-order chi connectivity index (χ0) is 20.5. The van der Waals surface area contributed by atoms with Crippen LogP contribution in [0.1, 0.15) is 27.0 Å². The smallest absolute Gasteiger partial charge is 0.231 e. The highest BCUT2D eigenvalue weighted by Gasteiger charge is 2.32. The van der Waals surface area contributed by atoms with E-state index in [9.17, 15) is 9.90 Å². The van der Waals surface area contributed by atoms with Gasteiger partial charge in [0.2, 0.25) is 5.78 Å². The van der Waals surface area contributed by atoms with Crippen molar-refractivity contribution >= 4 is 11.9 Å². The lowest BCUT2D eigenvalue weighted by Crippen LogP contribution is -2.43. The lowest BCUT2D eigenvalue weighted by atomic mass is 10.0. The highest BCUT2D eigenvalue weighted by atomic mass is 16.5. The molecule has 0 aliphatic carbocycles. The number of phenolic OH excluding ortho intramolecular Hbond substituents is 1. The third-order valence-corrected chi connectivity index (χ3v) is 5.65. The van der Waals surface area contributed by atoms with Gasteiger partial charge in [0.15, 0.2) is 5.76 Å². The number of methoxy groups -OCH3 is 1. The molecule has 0 unspecified atom stereocenters. The number of Topliss-reactive ketones (excluding diaryl/α,β-unsaturated/α-hetero) is 1. The molecular weight excluding hydrogens is 368 g/mol. The summed E-state index contributed by atoms with van der Waals surface area (Å²) in [5.74, 6) is 1.53. The molecule has 152 valence electrons. The largest absolute Gasteiger partial charge is 0.507 e. The van der Waals surface area contributed by atoms with Crippen LogP contribution in [0.3, 0.4) is 0 Å². The number of piperazine rings is 1. The number of fused-ring (bicyclic) bond motifs is 1. The van der Waals surface area contributed by atoms with Crippen LogP contribution in [0.25, 0.3) is 6.08 Å². The molecule has 2 aromatic rings. The minimum absolute atomic E-state index is 0.154. The molecule has 0 spiro atoms. The number of ketones is 1. The first-order chi connectivity index (χ1) is 14.0. The first-order valence-corrected chi connectivity index (χ1v) is 9.81. The Morgan fingerprint density at radius 1 is 1.17 bits per heavy atom. The molecule has 0 saturated carbocycles. The number of benzene rings is 2. The molecule has 0 atom stereocenters. The maximum Gasteiger partial charge on any atom is 0.231 e. The predicted molar refractivity (Wildman–Crippen MR) is 112 cm³/mol. The van der Waals surface area contributed by atoms with Crippen molar-refractivity contribution in [3.05, 3.63) is 58.3 Å². The van der Waals surface area contributed by atoms with Crippen molar-refractivity contribution in [2.24, 2.45) is 0 Å². The number of allylic oxidation sites excluding steroid dienone is 1. The van der Waals surface area contributed by atoms with Crippen LogP contribution in [0.2, 0.25) is 0 Å². The SMILES string of the molecule is COc1ccc(C=C2Oc3c(cc(CN4CCN(C)CC4)c(O)c3C)C2=O)cc1. The second-order valence-corrected chi connectivity index (χ2v) is 7.68. The van der Waals surface area contributed by atoms with E-state index >= 15 is 0 Å². The zero-order valence-electron chi connectivity index (χ0n) is 17.1. The molecule has 6 heteroatoms. The van der Waals surface area contributed by atoms with Gasteiger partial charge in [0.1, 0.15) is 17.2 Å². The monoisotopic (exact) mass is 394 g/mol. The Kier molecular flexibility index (Phi) is 5.30. The Balaban J connectivity index is 1.59. The summed E-state index contributed by atoms with van der Waals surface area (Å²) in [4.78, 5) is 17.5. The zero-order valence-corrected chi connectivity index (χ0v) is 17.1. The van der Waals surface area contributed by atoms with Gasteiger partial charge in [0.05, 0.1) is 12.7 Å². The lowest BCUT2D eigenvalue weighted by molar-refractivity contribution is 0.101. The van der Waals surface area contributed by atoms with Crippen LogP contribution in [0, 0.1) is 6.92 Å². The summed E-state index contributed by atoms with van der Waals surface area (Å²) >= 11 is 0. The van der Waals surface area contributed by atoms with E-state index in [1.54, 1.807) is 26.2 Å². The van der Waals surface area contributed by atoms with E-state index in [2.05, 4.69) is 16.8 Å².